The predicted molar refractivity (Wildman–Crippen MR) is 112 cm³/mol. The average Bonchev–Trinajstić information content (AvgIpc) is 2.79. The maximum absolute atomic E-state index is 6.49. The van der Waals surface area contributed by atoms with Gasteiger partial charge in [0.15, 0.2) is 12.6 Å². The van der Waals surface area contributed by atoms with Gasteiger partial charge in [0.25, 0.3) is 0 Å². The monoisotopic (exact) mass is 468 g/mol. The molecule has 0 bridgehead atoms. The zero-order chi connectivity index (χ0) is 23.9. The molecule has 0 spiro atoms. The molecule has 0 unspecified atom stereocenters. The molecule has 190 valence electrons. The van der Waals surface area contributed by atoms with E-state index in [-0.39, 0.29) is 13.2 Å². The Morgan fingerprint density at radius 2 is 1.16 bits per heavy atom. The van der Waals surface area contributed by atoms with Crippen LogP contribution >= 0.6 is 0 Å². The molecule has 11 nitrogen and oxygen atoms in total. The van der Waals surface area contributed by atoms with Crippen LogP contribution in [0.5, 0.6) is 0 Å². The van der Waals surface area contributed by atoms with Crippen LogP contribution in [0.4, 0.5) is 0 Å². The Hall–Kier alpha value is -0.440. The van der Waals surface area contributed by atoms with Crippen LogP contribution in [0.3, 0.4) is 0 Å². The third-order valence-corrected chi connectivity index (χ3v) is 6.29. The minimum atomic E-state index is -0.889. The molecule has 0 aromatic rings. The minimum absolute atomic E-state index is 0.245. The normalized spacial score (nSPS) is 42.8. The zero-order valence-electron chi connectivity index (χ0n) is 20.6. The molecule has 11 heteroatoms. The summed E-state index contributed by atoms with van der Waals surface area (Å²) in [6, 6.07) is 0. The fraction of sp³-hybridized carbons (Fsp3) is 1.00. The molecule has 10 atom stereocenters. The summed E-state index contributed by atoms with van der Waals surface area (Å²) in [4.78, 5) is 0. The van der Waals surface area contributed by atoms with E-state index >= 15 is 0 Å². The van der Waals surface area contributed by atoms with Crippen molar-refractivity contribution in [2.24, 2.45) is 0 Å². The Morgan fingerprint density at radius 3 is 1.62 bits per heavy atom. The summed E-state index contributed by atoms with van der Waals surface area (Å²) in [7, 11) is 12.6. The quantitative estimate of drug-likeness (QED) is 0.393. The van der Waals surface area contributed by atoms with Crippen molar-refractivity contribution in [2.75, 3.05) is 70.1 Å². The highest BCUT2D eigenvalue weighted by atomic mass is 16.8. The van der Waals surface area contributed by atoms with Gasteiger partial charge in [-0.15, -0.1) is 0 Å². The molecule has 0 saturated carbocycles. The van der Waals surface area contributed by atoms with Crippen LogP contribution in [0.25, 0.3) is 0 Å². The van der Waals surface area contributed by atoms with E-state index in [2.05, 4.69) is 0 Å². The topological polar surface area (TPSA) is 102 Å². The van der Waals surface area contributed by atoms with Crippen LogP contribution in [-0.4, -0.2) is 131 Å². The second-order valence-electron chi connectivity index (χ2n) is 7.93. The third-order valence-electron chi connectivity index (χ3n) is 6.29. The lowest BCUT2D eigenvalue weighted by molar-refractivity contribution is -0.378. The molecule has 0 aromatic carbocycles. The molecule has 2 aliphatic rings. The molecule has 2 rings (SSSR count). The van der Waals surface area contributed by atoms with Crippen LogP contribution in [0.15, 0.2) is 0 Å². The Bertz CT molecular complexity index is 538. The number of methoxy groups -OCH3 is 8. The van der Waals surface area contributed by atoms with Gasteiger partial charge in [0.05, 0.1) is 13.2 Å². The molecule has 0 radical (unpaired) electrons. The second kappa shape index (κ2) is 12.9. The minimum Gasteiger partial charge on any atom is -0.382 e. The van der Waals surface area contributed by atoms with Crippen LogP contribution in [0, 0.1) is 0 Å². The number of hydrogen-bond donors (Lipinski definition) is 0. The fourth-order valence-corrected chi connectivity index (χ4v) is 4.68. The molecule has 2 aliphatic heterocycles. The van der Waals surface area contributed by atoms with E-state index in [9.17, 15) is 0 Å². The van der Waals surface area contributed by atoms with Crippen LogP contribution in [0.2, 0.25) is 0 Å². The van der Waals surface area contributed by atoms with Gasteiger partial charge in [-0.05, 0) is 6.92 Å². The first-order valence-electron chi connectivity index (χ1n) is 10.5. The second-order valence-corrected chi connectivity index (χ2v) is 7.93. The lowest BCUT2D eigenvalue weighted by Gasteiger charge is -2.52. The maximum atomic E-state index is 6.49. The SMILES string of the molecule is COC[C@H]1O[C@@H](OC)[C@H](OC)[C@@H](OC)[C@@H]1O[C@H]1O[C@H](COC)[C@@H](OC)[C@](C)(OC)[C@H]1OC. The Kier molecular flexibility index (Phi) is 11.2. The highest BCUT2D eigenvalue weighted by Gasteiger charge is 2.58. The van der Waals surface area contributed by atoms with E-state index in [0.29, 0.717) is 0 Å². The van der Waals surface area contributed by atoms with E-state index in [1.54, 1.807) is 56.9 Å². The van der Waals surface area contributed by atoms with E-state index in [0.717, 1.165) is 0 Å². The van der Waals surface area contributed by atoms with Gasteiger partial charge < -0.3 is 52.1 Å². The molecule has 2 fully saturated rings. The molecule has 2 heterocycles. The summed E-state index contributed by atoms with van der Waals surface area (Å²) < 4.78 is 63.9. The first-order valence-corrected chi connectivity index (χ1v) is 10.5. The first-order chi connectivity index (χ1) is 15.4. The molecule has 32 heavy (non-hydrogen) atoms. The Balaban J connectivity index is 2.39. The summed E-state index contributed by atoms with van der Waals surface area (Å²) in [5.74, 6) is 0. The molecule has 2 saturated heterocycles. The van der Waals surface area contributed by atoms with Crippen molar-refractivity contribution < 1.29 is 52.1 Å². The first kappa shape index (κ1) is 27.8. The van der Waals surface area contributed by atoms with Gasteiger partial charge in [0, 0.05) is 56.9 Å². The average molecular weight is 469 g/mol. The molecular formula is C21H40O11. The Morgan fingerprint density at radius 1 is 0.594 bits per heavy atom. The van der Waals surface area contributed by atoms with Gasteiger partial charge in [-0.25, -0.2) is 0 Å². The van der Waals surface area contributed by atoms with Crippen LogP contribution in [-0.2, 0) is 52.1 Å². The molecule has 0 aromatic heterocycles. The summed E-state index contributed by atoms with van der Waals surface area (Å²) in [6.45, 7) is 2.42. The van der Waals surface area contributed by atoms with Gasteiger partial charge >= 0.3 is 0 Å². The third kappa shape index (κ3) is 5.44. The fourth-order valence-electron chi connectivity index (χ4n) is 4.68. The van der Waals surface area contributed by atoms with Crippen molar-refractivity contribution in [1.29, 1.82) is 0 Å². The van der Waals surface area contributed by atoms with Crippen LogP contribution < -0.4 is 0 Å². The van der Waals surface area contributed by atoms with Crippen molar-refractivity contribution >= 4 is 0 Å². The highest BCUT2D eigenvalue weighted by Crippen LogP contribution is 2.38. The zero-order valence-corrected chi connectivity index (χ0v) is 20.6. The molecule has 0 amide bonds. The molecule has 0 N–H and O–H groups in total. The van der Waals surface area contributed by atoms with E-state index < -0.39 is 60.9 Å². The van der Waals surface area contributed by atoms with Crippen molar-refractivity contribution in [3.8, 4) is 0 Å². The largest absolute Gasteiger partial charge is 0.382 e. The van der Waals surface area contributed by atoms with E-state index in [4.69, 9.17) is 52.1 Å². The summed E-state index contributed by atoms with van der Waals surface area (Å²) in [5.41, 5.74) is -0.889. The number of ether oxygens (including phenoxy) is 11. The summed E-state index contributed by atoms with van der Waals surface area (Å²) in [6.07, 6.45) is -5.28. The maximum Gasteiger partial charge on any atom is 0.187 e. The lowest BCUT2D eigenvalue weighted by atomic mass is 9.85. The van der Waals surface area contributed by atoms with Crippen molar-refractivity contribution in [3.05, 3.63) is 0 Å². The summed E-state index contributed by atoms with van der Waals surface area (Å²) in [5, 5.41) is 0. The summed E-state index contributed by atoms with van der Waals surface area (Å²) >= 11 is 0. The smallest absolute Gasteiger partial charge is 0.187 e. The Labute approximate surface area is 190 Å². The number of hydrogen-bond acceptors (Lipinski definition) is 11. The number of rotatable bonds is 12. The predicted octanol–water partition coefficient (Wildman–Crippen LogP) is 0.226. The van der Waals surface area contributed by atoms with Gasteiger partial charge in [-0.1, -0.05) is 0 Å². The van der Waals surface area contributed by atoms with Gasteiger partial charge in [-0.2, -0.15) is 0 Å². The van der Waals surface area contributed by atoms with E-state index in [1.807, 2.05) is 6.92 Å². The van der Waals surface area contributed by atoms with Gasteiger partial charge in [0.2, 0.25) is 0 Å². The van der Waals surface area contributed by atoms with Crippen molar-refractivity contribution in [1.82, 2.24) is 0 Å². The highest BCUT2D eigenvalue weighted by molar-refractivity contribution is 5.03. The van der Waals surface area contributed by atoms with Gasteiger partial charge in [-0.3, -0.25) is 0 Å². The standard InChI is InChI=1S/C21H40O11/c1-21(29-9)17(26-6)13(11-23-3)31-20(18(21)27-7)32-14-12(10-22-2)30-19(28-8)16(25-5)15(14)24-4/h12-20H,10-11H2,1-9H3/t12-,13-,14-,15+,16-,17-,18+,19-,20-,21+/m1/s1. The van der Waals surface area contributed by atoms with Gasteiger partial charge in [0.1, 0.15) is 48.3 Å². The van der Waals surface area contributed by atoms with Crippen molar-refractivity contribution in [2.45, 2.75) is 67.8 Å². The van der Waals surface area contributed by atoms with Crippen LogP contribution in [0.1, 0.15) is 6.92 Å². The van der Waals surface area contributed by atoms with E-state index in [1.165, 1.54) is 0 Å². The van der Waals surface area contributed by atoms with Crippen molar-refractivity contribution in [3.63, 3.8) is 0 Å². The molecular weight excluding hydrogens is 428 g/mol. The molecule has 0 aliphatic carbocycles. The lowest BCUT2D eigenvalue weighted by Crippen LogP contribution is -2.70.